The minimum Gasteiger partial charge on any atom is -0.381 e. The molecule has 4 N–H and O–H groups in total. The van der Waals surface area contributed by atoms with Crippen LogP contribution in [0.4, 0.5) is 16.2 Å². The molecule has 0 fully saturated rings. The molecule has 2 aromatic rings. The number of rotatable bonds is 4. The Hall–Kier alpha value is -1.72. The number of hydrogen-bond acceptors (Lipinski definition) is 2. The van der Waals surface area contributed by atoms with Gasteiger partial charge in [-0.15, -0.1) is 0 Å². The fraction of sp³-hybridized carbons (Fsp3) is 0.0714. The number of benzene rings is 2. The van der Waals surface area contributed by atoms with Crippen LogP contribution in [-0.2, 0) is 6.54 Å². The van der Waals surface area contributed by atoms with E-state index < -0.39 is 6.03 Å². The molecule has 0 atom stereocenters. The minimum absolute atomic E-state index is 0.577. The normalized spacial score (nSPS) is 10.1. The third-order valence-corrected chi connectivity index (χ3v) is 3.50. The fourth-order valence-electron chi connectivity index (χ4n) is 1.68. The van der Waals surface area contributed by atoms with Crippen LogP contribution < -0.4 is 16.4 Å². The number of anilines is 2. The van der Waals surface area contributed by atoms with Crippen molar-refractivity contribution >= 4 is 44.9 Å². The van der Waals surface area contributed by atoms with E-state index in [1.54, 1.807) is 12.1 Å². The van der Waals surface area contributed by atoms with Crippen molar-refractivity contribution in [3.8, 4) is 0 Å². The Morgan fingerprint density at radius 1 is 1.15 bits per heavy atom. The highest BCUT2D eigenvalue weighted by atomic mass is 79.9. The minimum atomic E-state index is -0.577. The average molecular weight is 355 g/mol. The molecule has 2 aromatic carbocycles. The van der Waals surface area contributed by atoms with E-state index in [9.17, 15) is 4.79 Å². The summed E-state index contributed by atoms with van der Waals surface area (Å²) in [6.45, 7) is 0.620. The van der Waals surface area contributed by atoms with Crippen molar-refractivity contribution in [1.29, 1.82) is 0 Å². The first-order valence-electron chi connectivity index (χ1n) is 5.89. The van der Waals surface area contributed by atoms with Crippen LogP contribution in [0.5, 0.6) is 0 Å². The summed E-state index contributed by atoms with van der Waals surface area (Å²) in [7, 11) is 0. The van der Waals surface area contributed by atoms with Crippen LogP contribution in [-0.4, -0.2) is 6.03 Å². The Morgan fingerprint density at radius 2 is 1.80 bits per heavy atom. The second kappa shape index (κ2) is 6.63. The number of nitrogens with two attached hydrogens (primary N) is 1. The Balaban J connectivity index is 1.98. The number of carbonyl (C=O) groups excluding carboxylic acids is 1. The Labute approximate surface area is 130 Å². The van der Waals surface area contributed by atoms with Gasteiger partial charge in [-0.3, -0.25) is 0 Å². The first-order valence-corrected chi connectivity index (χ1v) is 7.06. The van der Waals surface area contributed by atoms with Crippen molar-refractivity contribution in [3.05, 3.63) is 57.5 Å². The molecule has 0 saturated carbocycles. The second-order valence-corrected chi connectivity index (χ2v) is 5.48. The molecule has 0 aromatic heterocycles. The first-order chi connectivity index (χ1) is 9.54. The molecule has 0 unspecified atom stereocenters. The van der Waals surface area contributed by atoms with Gasteiger partial charge in [0.1, 0.15) is 0 Å². The highest BCUT2D eigenvalue weighted by molar-refractivity contribution is 9.10. The molecule has 0 radical (unpaired) electrons. The summed E-state index contributed by atoms with van der Waals surface area (Å²) in [5.41, 5.74) is 7.64. The van der Waals surface area contributed by atoms with Crippen molar-refractivity contribution in [2.75, 3.05) is 10.6 Å². The zero-order chi connectivity index (χ0) is 14.5. The van der Waals surface area contributed by atoms with Crippen LogP contribution in [0.15, 0.2) is 46.9 Å². The van der Waals surface area contributed by atoms with E-state index in [4.69, 9.17) is 17.3 Å². The summed E-state index contributed by atoms with van der Waals surface area (Å²) in [5.74, 6) is 0. The van der Waals surface area contributed by atoms with Gasteiger partial charge in [0.15, 0.2) is 0 Å². The van der Waals surface area contributed by atoms with Gasteiger partial charge in [0, 0.05) is 27.4 Å². The van der Waals surface area contributed by atoms with E-state index in [0.29, 0.717) is 17.3 Å². The Kier molecular flexibility index (Phi) is 4.87. The van der Waals surface area contributed by atoms with Gasteiger partial charge in [-0.05, 0) is 42.0 Å². The van der Waals surface area contributed by atoms with Gasteiger partial charge in [-0.2, -0.15) is 0 Å². The smallest absolute Gasteiger partial charge is 0.316 e. The number of halogens is 2. The third kappa shape index (κ3) is 4.15. The number of urea groups is 1. The molecule has 104 valence electrons. The highest BCUT2D eigenvalue weighted by Crippen LogP contribution is 2.22. The van der Waals surface area contributed by atoms with Crippen LogP contribution in [0.1, 0.15) is 5.56 Å². The topological polar surface area (TPSA) is 67.2 Å². The summed E-state index contributed by atoms with van der Waals surface area (Å²) >= 11 is 9.52. The first kappa shape index (κ1) is 14.7. The maximum atomic E-state index is 10.7. The predicted octanol–water partition coefficient (Wildman–Crippen LogP) is 4.21. The number of carbonyl (C=O) groups is 1. The molecule has 0 heterocycles. The monoisotopic (exact) mass is 353 g/mol. The molecule has 0 spiro atoms. The molecular weight excluding hydrogens is 342 g/mol. The van der Waals surface area contributed by atoms with E-state index in [-0.39, 0.29) is 0 Å². The fourth-order valence-corrected chi connectivity index (χ4v) is 2.42. The van der Waals surface area contributed by atoms with Crippen LogP contribution in [0.25, 0.3) is 0 Å². The third-order valence-electron chi connectivity index (χ3n) is 2.65. The van der Waals surface area contributed by atoms with Crippen molar-refractivity contribution in [1.82, 2.24) is 0 Å². The zero-order valence-electron chi connectivity index (χ0n) is 10.5. The van der Waals surface area contributed by atoms with Crippen LogP contribution in [0.3, 0.4) is 0 Å². The molecule has 0 aliphatic rings. The van der Waals surface area contributed by atoms with Gasteiger partial charge in [-0.25, -0.2) is 4.79 Å². The lowest BCUT2D eigenvalue weighted by molar-refractivity contribution is 0.259. The van der Waals surface area contributed by atoms with Gasteiger partial charge in [0.05, 0.1) is 0 Å². The van der Waals surface area contributed by atoms with Crippen LogP contribution in [0.2, 0.25) is 5.02 Å². The van der Waals surface area contributed by atoms with E-state index in [1.165, 1.54) is 0 Å². The summed E-state index contributed by atoms with van der Waals surface area (Å²) < 4.78 is 0.952. The summed E-state index contributed by atoms with van der Waals surface area (Å²) in [6.07, 6.45) is 0. The quantitative estimate of drug-likeness (QED) is 0.770. The Morgan fingerprint density at radius 3 is 2.40 bits per heavy atom. The number of primary amides is 1. The maximum Gasteiger partial charge on any atom is 0.316 e. The van der Waals surface area contributed by atoms with E-state index >= 15 is 0 Å². The molecule has 0 saturated heterocycles. The molecule has 2 rings (SSSR count). The van der Waals surface area contributed by atoms with Gasteiger partial charge >= 0.3 is 6.03 Å². The Bertz CT molecular complexity index is 616. The SMILES string of the molecule is NC(=O)Nc1ccc(NCc2ccc(Br)cc2Cl)cc1. The van der Waals surface area contributed by atoms with Crippen molar-refractivity contribution in [3.63, 3.8) is 0 Å². The van der Waals surface area contributed by atoms with Gasteiger partial charge in [0.2, 0.25) is 0 Å². The second-order valence-electron chi connectivity index (χ2n) is 4.16. The summed E-state index contributed by atoms with van der Waals surface area (Å²) in [4.78, 5) is 10.7. The molecule has 6 heteroatoms. The summed E-state index contributed by atoms with van der Waals surface area (Å²) in [6, 6.07) is 12.5. The van der Waals surface area contributed by atoms with Crippen molar-refractivity contribution in [2.24, 2.45) is 5.73 Å². The number of amides is 2. The molecular formula is C14H13BrClN3O. The van der Waals surface area contributed by atoms with Crippen molar-refractivity contribution < 1.29 is 4.79 Å². The molecule has 0 aliphatic heterocycles. The van der Waals surface area contributed by atoms with E-state index in [0.717, 1.165) is 15.7 Å². The zero-order valence-corrected chi connectivity index (χ0v) is 12.8. The molecule has 4 nitrogen and oxygen atoms in total. The standard InChI is InChI=1S/C14H13BrClN3O/c15-10-2-1-9(13(16)7-10)8-18-11-3-5-12(6-4-11)19-14(17)20/h1-7,18H,8H2,(H3,17,19,20). The van der Waals surface area contributed by atoms with Gasteiger partial charge in [-0.1, -0.05) is 33.6 Å². The highest BCUT2D eigenvalue weighted by Gasteiger charge is 2.01. The van der Waals surface area contributed by atoms with Crippen LogP contribution in [0, 0.1) is 0 Å². The molecule has 20 heavy (non-hydrogen) atoms. The summed E-state index contributed by atoms with van der Waals surface area (Å²) in [5, 5.41) is 6.47. The van der Waals surface area contributed by atoms with E-state index in [1.807, 2.05) is 30.3 Å². The lowest BCUT2D eigenvalue weighted by Crippen LogP contribution is -2.19. The van der Waals surface area contributed by atoms with Gasteiger partial charge < -0.3 is 16.4 Å². The van der Waals surface area contributed by atoms with Crippen LogP contribution >= 0.6 is 27.5 Å². The molecule has 0 aliphatic carbocycles. The average Bonchev–Trinajstić information content (AvgIpc) is 2.39. The largest absolute Gasteiger partial charge is 0.381 e. The van der Waals surface area contributed by atoms with E-state index in [2.05, 4.69) is 26.6 Å². The lowest BCUT2D eigenvalue weighted by Gasteiger charge is -2.09. The molecule has 2 amide bonds. The maximum absolute atomic E-state index is 10.7. The number of nitrogens with one attached hydrogen (secondary N) is 2. The van der Waals surface area contributed by atoms with Gasteiger partial charge in [0.25, 0.3) is 0 Å². The predicted molar refractivity (Wildman–Crippen MR) is 86.1 cm³/mol. The molecule has 0 bridgehead atoms. The lowest BCUT2D eigenvalue weighted by atomic mass is 10.2. The van der Waals surface area contributed by atoms with Crippen molar-refractivity contribution in [2.45, 2.75) is 6.54 Å². The number of hydrogen-bond donors (Lipinski definition) is 3.